The van der Waals surface area contributed by atoms with Crippen LogP contribution in [0.15, 0.2) is 43.0 Å². The minimum atomic E-state index is 0.732. The Bertz CT molecular complexity index is 765. The average molecular weight is 295 g/mol. The predicted molar refractivity (Wildman–Crippen MR) is 83.9 cm³/mol. The second-order valence-electron chi connectivity index (χ2n) is 5.33. The standard InChI is InChI=1S/C16H17N5O/c1-2-4-13(5-3-1)10-21-12-19-14-15(17-11-18-16(14)21)20-6-8-22-9-7-20/h1-5,11-12H,6-10H2. The first kappa shape index (κ1) is 13.2. The number of hydrogen-bond acceptors (Lipinski definition) is 5. The van der Waals surface area contributed by atoms with Gasteiger partial charge in [-0.2, -0.15) is 0 Å². The number of morpholine rings is 1. The van der Waals surface area contributed by atoms with Crippen molar-refractivity contribution < 1.29 is 4.74 Å². The van der Waals surface area contributed by atoms with Gasteiger partial charge in [0.25, 0.3) is 0 Å². The predicted octanol–water partition coefficient (Wildman–Crippen LogP) is 1.71. The molecule has 0 N–H and O–H groups in total. The van der Waals surface area contributed by atoms with Gasteiger partial charge in [0, 0.05) is 13.1 Å². The van der Waals surface area contributed by atoms with Crippen LogP contribution in [0.5, 0.6) is 0 Å². The molecular weight excluding hydrogens is 278 g/mol. The van der Waals surface area contributed by atoms with Crippen LogP contribution in [-0.4, -0.2) is 45.8 Å². The molecule has 1 saturated heterocycles. The van der Waals surface area contributed by atoms with Gasteiger partial charge in [0.1, 0.15) is 6.33 Å². The minimum absolute atomic E-state index is 0.732. The molecule has 1 aromatic carbocycles. The van der Waals surface area contributed by atoms with E-state index in [0.29, 0.717) is 0 Å². The van der Waals surface area contributed by atoms with Crippen molar-refractivity contribution in [1.29, 1.82) is 0 Å². The van der Waals surface area contributed by atoms with Gasteiger partial charge in [-0.05, 0) is 5.56 Å². The molecule has 1 aliphatic rings. The van der Waals surface area contributed by atoms with Crippen molar-refractivity contribution >= 4 is 17.0 Å². The molecule has 1 aliphatic heterocycles. The molecule has 0 bridgehead atoms. The Morgan fingerprint density at radius 3 is 2.64 bits per heavy atom. The van der Waals surface area contributed by atoms with Crippen LogP contribution in [0.25, 0.3) is 11.2 Å². The Morgan fingerprint density at radius 2 is 1.82 bits per heavy atom. The third-order valence-electron chi connectivity index (χ3n) is 3.89. The molecule has 0 radical (unpaired) electrons. The molecule has 0 saturated carbocycles. The van der Waals surface area contributed by atoms with Gasteiger partial charge in [0.15, 0.2) is 17.0 Å². The fraction of sp³-hybridized carbons (Fsp3) is 0.312. The van der Waals surface area contributed by atoms with Crippen LogP contribution in [0.4, 0.5) is 5.82 Å². The summed E-state index contributed by atoms with van der Waals surface area (Å²) in [5, 5.41) is 0. The summed E-state index contributed by atoms with van der Waals surface area (Å²) in [6, 6.07) is 10.3. The summed E-state index contributed by atoms with van der Waals surface area (Å²) in [4.78, 5) is 15.6. The van der Waals surface area contributed by atoms with Crippen molar-refractivity contribution in [2.45, 2.75) is 6.54 Å². The van der Waals surface area contributed by atoms with Crippen molar-refractivity contribution in [3.8, 4) is 0 Å². The fourth-order valence-corrected chi connectivity index (χ4v) is 2.77. The smallest absolute Gasteiger partial charge is 0.165 e. The summed E-state index contributed by atoms with van der Waals surface area (Å²) in [5.74, 6) is 0.903. The molecule has 0 unspecified atom stereocenters. The molecule has 0 aliphatic carbocycles. The van der Waals surface area contributed by atoms with Gasteiger partial charge >= 0.3 is 0 Å². The van der Waals surface area contributed by atoms with E-state index in [1.165, 1.54) is 5.56 Å². The molecular formula is C16H17N5O. The summed E-state index contributed by atoms with van der Waals surface area (Å²) < 4.78 is 7.47. The van der Waals surface area contributed by atoms with E-state index in [1.54, 1.807) is 6.33 Å². The van der Waals surface area contributed by atoms with E-state index in [2.05, 4.69) is 36.6 Å². The van der Waals surface area contributed by atoms with Gasteiger partial charge in [-0.15, -0.1) is 0 Å². The zero-order valence-corrected chi connectivity index (χ0v) is 12.2. The van der Waals surface area contributed by atoms with E-state index < -0.39 is 0 Å². The zero-order valence-electron chi connectivity index (χ0n) is 12.2. The normalized spacial score (nSPS) is 15.4. The molecule has 112 valence electrons. The van der Waals surface area contributed by atoms with Crippen molar-refractivity contribution in [3.05, 3.63) is 48.5 Å². The van der Waals surface area contributed by atoms with Crippen molar-refractivity contribution in [1.82, 2.24) is 19.5 Å². The van der Waals surface area contributed by atoms with Crippen molar-refractivity contribution in [2.24, 2.45) is 0 Å². The van der Waals surface area contributed by atoms with Gasteiger partial charge in [0.2, 0.25) is 0 Å². The number of hydrogen-bond donors (Lipinski definition) is 0. The highest BCUT2D eigenvalue weighted by Gasteiger charge is 2.18. The Balaban J connectivity index is 1.70. The average Bonchev–Trinajstić information content (AvgIpc) is 3.00. The number of fused-ring (bicyclic) bond motifs is 1. The number of rotatable bonds is 3. The monoisotopic (exact) mass is 295 g/mol. The first-order valence-corrected chi connectivity index (χ1v) is 7.44. The topological polar surface area (TPSA) is 56.1 Å². The molecule has 4 rings (SSSR count). The lowest BCUT2D eigenvalue weighted by Gasteiger charge is -2.27. The molecule has 3 heterocycles. The van der Waals surface area contributed by atoms with E-state index in [9.17, 15) is 0 Å². The summed E-state index contributed by atoms with van der Waals surface area (Å²) in [7, 11) is 0. The Labute approximate surface area is 128 Å². The van der Waals surface area contributed by atoms with Crippen LogP contribution in [-0.2, 0) is 11.3 Å². The summed E-state index contributed by atoms with van der Waals surface area (Å²) in [5.41, 5.74) is 2.97. The van der Waals surface area contributed by atoms with Crippen LogP contribution in [0.2, 0.25) is 0 Å². The molecule has 6 nitrogen and oxygen atoms in total. The maximum Gasteiger partial charge on any atom is 0.165 e. The second kappa shape index (κ2) is 5.73. The van der Waals surface area contributed by atoms with Gasteiger partial charge in [-0.25, -0.2) is 15.0 Å². The molecule has 3 aromatic rings. The van der Waals surface area contributed by atoms with Crippen molar-refractivity contribution in [2.75, 3.05) is 31.2 Å². The molecule has 2 aromatic heterocycles. The Morgan fingerprint density at radius 1 is 1.00 bits per heavy atom. The molecule has 1 fully saturated rings. The zero-order chi connectivity index (χ0) is 14.8. The first-order valence-electron chi connectivity index (χ1n) is 7.44. The van der Waals surface area contributed by atoms with E-state index in [1.807, 2.05) is 24.5 Å². The summed E-state index contributed by atoms with van der Waals surface area (Å²) >= 11 is 0. The summed E-state index contributed by atoms with van der Waals surface area (Å²) in [6.45, 7) is 3.92. The number of nitrogens with zero attached hydrogens (tertiary/aromatic N) is 5. The third-order valence-corrected chi connectivity index (χ3v) is 3.89. The lowest BCUT2D eigenvalue weighted by molar-refractivity contribution is 0.122. The molecule has 6 heteroatoms. The van der Waals surface area contributed by atoms with E-state index >= 15 is 0 Å². The first-order chi connectivity index (χ1) is 10.9. The van der Waals surface area contributed by atoms with Gasteiger partial charge in [-0.1, -0.05) is 30.3 Å². The Kier molecular flexibility index (Phi) is 3.44. The number of anilines is 1. The molecule has 0 spiro atoms. The maximum atomic E-state index is 5.41. The van der Waals surface area contributed by atoms with Crippen LogP contribution < -0.4 is 4.90 Å². The van der Waals surface area contributed by atoms with Gasteiger partial charge < -0.3 is 14.2 Å². The number of benzene rings is 1. The second-order valence-corrected chi connectivity index (χ2v) is 5.33. The fourth-order valence-electron chi connectivity index (χ4n) is 2.77. The lowest BCUT2D eigenvalue weighted by Crippen LogP contribution is -2.36. The highest BCUT2D eigenvalue weighted by molar-refractivity contribution is 5.83. The van der Waals surface area contributed by atoms with Crippen LogP contribution in [0, 0.1) is 0 Å². The van der Waals surface area contributed by atoms with Crippen molar-refractivity contribution in [3.63, 3.8) is 0 Å². The SMILES string of the molecule is c1ccc(Cn2cnc3c(N4CCOCC4)ncnc32)cc1. The van der Waals surface area contributed by atoms with Crippen LogP contribution in [0.1, 0.15) is 5.56 Å². The lowest BCUT2D eigenvalue weighted by atomic mass is 10.2. The third kappa shape index (κ3) is 2.42. The molecule has 0 amide bonds. The number of imidazole rings is 1. The number of aromatic nitrogens is 4. The Hall–Kier alpha value is -2.47. The highest BCUT2D eigenvalue weighted by Crippen LogP contribution is 2.22. The highest BCUT2D eigenvalue weighted by atomic mass is 16.5. The number of ether oxygens (including phenoxy) is 1. The van der Waals surface area contributed by atoms with Gasteiger partial charge in [0.05, 0.1) is 26.1 Å². The minimum Gasteiger partial charge on any atom is -0.378 e. The van der Waals surface area contributed by atoms with Gasteiger partial charge in [-0.3, -0.25) is 0 Å². The quantitative estimate of drug-likeness (QED) is 0.736. The maximum absolute atomic E-state index is 5.41. The van der Waals surface area contributed by atoms with Crippen LogP contribution in [0.3, 0.4) is 0 Å². The van der Waals surface area contributed by atoms with E-state index in [4.69, 9.17) is 4.74 Å². The molecule has 0 atom stereocenters. The van der Waals surface area contributed by atoms with Crippen LogP contribution >= 0.6 is 0 Å². The largest absolute Gasteiger partial charge is 0.378 e. The molecule has 22 heavy (non-hydrogen) atoms. The summed E-state index contributed by atoms with van der Waals surface area (Å²) in [6.07, 6.45) is 3.46. The van der Waals surface area contributed by atoms with E-state index in [-0.39, 0.29) is 0 Å². The van der Waals surface area contributed by atoms with E-state index in [0.717, 1.165) is 49.8 Å².